The van der Waals surface area contributed by atoms with Crippen LogP contribution in [0.3, 0.4) is 0 Å². The van der Waals surface area contributed by atoms with Crippen molar-refractivity contribution >= 4 is 11.9 Å². The molecule has 0 aromatic heterocycles. The molecule has 1 aromatic rings. The Kier molecular flexibility index (Phi) is 1.82. The molecule has 0 radical (unpaired) electrons. The first-order chi connectivity index (χ1) is 7.30. The minimum absolute atomic E-state index is 0.178. The highest BCUT2D eigenvalue weighted by atomic mass is 16.1. The van der Waals surface area contributed by atoms with E-state index in [-0.39, 0.29) is 11.2 Å². The highest BCUT2D eigenvalue weighted by Gasteiger charge is 2.41. The van der Waals surface area contributed by atoms with Gasteiger partial charge in [0.15, 0.2) is 5.78 Å². The maximum Gasteiger partial charge on any atom is 0.156 e. The van der Waals surface area contributed by atoms with Crippen molar-refractivity contribution in [1.82, 2.24) is 0 Å². The van der Waals surface area contributed by atoms with Crippen LogP contribution in [0.2, 0.25) is 0 Å². The lowest BCUT2D eigenvalue weighted by Crippen LogP contribution is -2.36. The SMILES string of the molecule is O=C1C=Cc2ccccc2C2(CCC2)C1. The van der Waals surface area contributed by atoms with Crippen molar-refractivity contribution in [1.29, 1.82) is 0 Å². The molecule has 1 saturated carbocycles. The van der Waals surface area contributed by atoms with Crippen LogP contribution in [0.25, 0.3) is 6.08 Å². The molecule has 1 spiro atoms. The Hall–Kier alpha value is -1.37. The molecule has 0 aliphatic heterocycles. The van der Waals surface area contributed by atoms with Crippen molar-refractivity contribution < 1.29 is 4.79 Å². The van der Waals surface area contributed by atoms with Crippen LogP contribution in [-0.2, 0) is 10.2 Å². The van der Waals surface area contributed by atoms with Gasteiger partial charge in [0.25, 0.3) is 0 Å². The maximum atomic E-state index is 11.7. The number of allylic oxidation sites excluding steroid dienone is 1. The summed E-state index contributed by atoms with van der Waals surface area (Å²) < 4.78 is 0. The second-order valence-electron chi connectivity index (χ2n) is 4.70. The fraction of sp³-hybridized carbons (Fsp3) is 0.357. The first-order valence-electron chi connectivity index (χ1n) is 5.61. The van der Waals surface area contributed by atoms with Gasteiger partial charge in [-0.05, 0) is 30.0 Å². The van der Waals surface area contributed by atoms with Gasteiger partial charge in [0.1, 0.15) is 0 Å². The first-order valence-corrected chi connectivity index (χ1v) is 5.61. The van der Waals surface area contributed by atoms with Crippen LogP contribution in [0, 0.1) is 0 Å². The van der Waals surface area contributed by atoms with Gasteiger partial charge in [0.2, 0.25) is 0 Å². The molecule has 1 heteroatoms. The number of rotatable bonds is 0. The molecule has 1 fully saturated rings. The number of ketones is 1. The second-order valence-corrected chi connectivity index (χ2v) is 4.70. The highest BCUT2D eigenvalue weighted by Crippen LogP contribution is 2.48. The molecule has 0 heterocycles. The van der Waals surface area contributed by atoms with Crippen molar-refractivity contribution in [2.24, 2.45) is 0 Å². The van der Waals surface area contributed by atoms with Crippen LogP contribution in [0.15, 0.2) is 30.3 Å². The summed E-state index contributed by atoms with van der Waals surface area (Å²) >= 11 is 0. The molecule has 2 aliphatic carbocycles. The fourth-order valence-electron chi connectivity index (χ4n) is 2.85. The van der Waals surface area contributed by atoms with Gasteiger partial charge < -0.3 is 0 Å². The Morgan fingerprint density at radius 2 is 1.87 bits per heavy atom. The summed E-state index contributed by atoms with van der Waals surface area (Å²) in [5.41, 5.74) is 2.80. The molecule has 76 valence electrons. The average molecular weight is 198 g/mol. The van der Waals surface area contributed by atoms with Crippen molar-refractivity contribution in [3.05, 3.63) is 41.5 Å². The zero-order valence-electron chi connectivity index (χ0n) is 8.70. The van der Waals surface area contributed by atoms with Crippen LogP contribution in [0.5, 0.6) is 0 Å². The largest absolute Gasteiger partial charge is 0.295 e. The molecule has 0 N–H and O–H groups in total. The highest BCUT2D eigenvalue weighted by molar-refractivity contribution is 5.96. The maximum absolute atomic E-state index is 11.7. The van der Waals surface area contributed by atoms with E-state index in [0.29, 0.717) is 6.42 Å². The lowest BCUT2D eigenvalue weighted by molar-refractivity contribution is -0.116. The van der Waals surface area contributed by atoms with Gasteiger partial charge in [-0.2, -0.15) is 0 Å². The number of benzene rings is 1. The van der Waals surface area contributed by atoms with Crippen LogP contribution in [0.1, 0.15) is 36.8 Å². The average Bonchev–Trinajstić information content (AvgIpc) is 2.35. The lowest BCUT2D eigenvalue weighted by Gasteiger charge is -2.42. The van der Waals surface area contributed by atoms with E-state index in [9.17, 15) is 4.79 Å². The molecule has 0 atom stereocenters. The van der Waals surface area contributed by atoms with Gasteiger partial charge in [-0.15, -0.1) is 0 Å². The van der Waals surface area contributed by atoms with Crippen LogP contribution in [0.4, 0.5) is 0 Å². The van der Waals surface area contributed by atoms with Gasteiger partial charge in [-0.3, -0.25) is 4.79 Å². The number of hydrogen-bond donors (Lipinski definition) is 0. The number of carbonyl (C=O) groups excluding carboxylic acids is 1. The van der Waals surface area contributed by atoms with Crippen LogP contribution >= 0.6 is 0 Å². The number of hydrogen-bond acceptors (Lipinski definition) is 1. The normalized spacial score (nSPS) is 22.0. The van der Waals surface area contributed by atoms with Gasteiger partial charge in [-0.25, -0.2) is 0 Å². The molecule has 15 heavy (non-hydrogen) atoms. The van der Waals surface area contributed by atoms with Crippen molar-refractivity contribution in [2.75, 3.05) is 0 Å². The standard InChI is InChI=1S/C14H14O/c15-12-7-6-11-4-1-2-5-13(11)14(10-12)8-3-9-14/h1-2,4-7H,3,8-10H2. The van der Waals surface area contributed by atoms with Crippen LogP contribution < -0.4 is 0 Å². The van der Waals surface area contributed by atoms with Crippen molar-refractivity contribution in [2.45, 2.75) is 31.1 Å². The third-order valence-electron chi connectivity index (χ3n) is 3.80. The Bertz CT molecular complexity index is 438. The summed E-state index contributed by atoms with van der Waals surface area (Å²) in [6, 6.07) is 8.44. The topological polar surface area (TPSA) is 17.1 Å². The first kappa shape index (κ1) is 8.90. The molecule has 0 amide bonds. The molecular formula is C14H14O. The second kappa shape index (κ2) is 3.06. The quantitative estimate of drug-likeness (QED) is 0.626. The van der Waals surface area contributed by atoms with E-state index in [0.717, 1.165) is 0 Å². The predicted molar refractivity (Wildman–Crippen MR) is 60.6 cm³/mol. The van der Waals surface area contributed by atoms with Crippen molar-refractivity contribution in [3.63, 3.8) is 0 Å². The fourth-order valence-corrected chi connectivity index (χ4v) is 2.85. The molecule has 0 bridgehead atoms. The molecular weight excluding hydrogens is 184 g/mol. The summed E-state index contributed by atoms with van der Waals surface area (Å²) in [6.07, 6.45) is 8.05. The smallest absolute Gasteiger partial charge is 0.156 e. The van der Waals surface area contributed by atoms with E-state index in [1.54, 1.807) is 6.08 Å². The minimum Gasteiger partial charge on any atom is -0.295 e. The summed E-state index contributed by atoms with van der Waals surface area (Å²) in [4.78, 5) is 11.7. The van der Waals surface area contributed by atoms with Crippen LogP contribution in [-0.4, -0.2) is 5.78 Å². The molecule has 0 unspecified atom stereocenters. The minimum atomic E-state index is 0.178. The summed E-state index contributed by atoms with van der Waals surface area (Å²) in [5, 5.41) is 0. The predicted octanol–water partition coefficient (Wildman–Crippen LogP) is 3.09. The molecule has 3 rings (SSSR count). The molecule has 2 aliphatic rings. The summed E-state index contributed by atoms with van der Waals surface area (Å²) in [6.45, 7) is 0. The van der Waals surface area contributed by atoms with Gasteiger partial charge in [-0.1, -0.05) is 36.8 Å². The van der Waals surface area contributed by atoms with Crippen molar-refractivity contribution in [3.8, 4) is 0 Å². The van der Waals surface area contributed by atoms with E-state index >= 15 is 0 Å². The summed E-state index contributed by atoms with van der Waals surface area (Å²) in [5.74, 6) is 0.283. The monoisotopic (exact) mass is 198 g/mol. The zero-order valence-corrected chi connectivity index (χ0v) is 8.70. The summed E-state index contributed by atoms with van der Waals surface area (Å²) in [7, 11) is 0. The van der Waals surface area contributed by atoms with Gasteiger partial charge in [0.05, 0.1) is 0 Å². The van der Waals surface area contributed by atoms with E-state index in [4.69, 9.17) is 0 Å². The van der Waals surface area contributed by atoms with Gasteiger partial charge >= 0.3 is 0 Å². The van der Waals surface area contributed by atoms with E-state index in [2.05, 4.69) is 18.2 Å². The molecule has 1 aromatic carbocycles. The third kappa shape index (κ3) is 1.26. The van der Waals surface area contributed by atoms with E-state index in [1.807, 2.05) is 12.1 Å². The zero-order chi connectivity index (χ0) is 10.3. The van der Waals surface area contributed by atoms with E-state index < -0.39 is 0 Å². The number of fused-ring (bicyclic) bond motifs is 2. The lowest BCUT2D eigenvalue weighted by atomic mass is 9.61. The third-order valence-corrected chi connectivity index (χ3v) is 3.80. The molecule has 1 nitrogen and oxygen atoms in total. The molecule has 0 saturated heterocycles. The Morgan fingerprint density at radius 3 is 2.60 bits per heavy atom. The Morgan fingerprint density at radius 1 is 1.07 bits per heavy atom. The van der Waals surface area contributed by atoms with E-state index in [1.165, 1.54) is 30.4 Å². The van der Waals surface area contributed by atoms with Gasteiger partial charge in [0, 0.05) is 11.8 Å². The Labute approximate surface area is 89.8 Å². The number of carbonyl (C=O) groups is 1. The Balaban J connectivity index is 2.16.